The van der Waals surface area contributed by atoms with Gasteiger partial charge in [-0.3, -0.25) is 0 Å². The summed E-state index contributed by atoms with van der Waals surface area (Å²) in [4.78, 5) is 2.05. The van der Waals surface area contributed by atoms with Crippen LogP contribution in [-0.2, 0) is 0 Å². The van der Waals surface area contributed by atoms with Gasteiger partial charge in [0.1, 0.15) is 17.5 Å². The van der Waals surface area contributed by atoms with E-state index in [0.717, 1.165) is 30.0 Å². The molecule has 0 aromatic carbocycles. The maximum absolute atomic E-state index is 2.83. The molecular weight excluding hydrogens is 282 g/mol. The molecule has 2 bridgehead atoms. The van der Waals surface area contributed by atoms with Crippen molar-refractivity contribution in [1.29, 1.82) is 0 Å². The van der Waals surface area contributed by atoms with E-state index in [1.54, 1.807) is 25.7 Å². The zero-order valence-corrected chi connectivity index (χ0v) is 14.9. The second-order valence-electron chi connectivity index (χ2n) is 9.70. The van der Waals surface area contributed by atoms with Gasteiger partial charge in [-0.15, -0.1) is 0 Å². The van der Waals surface area contributed by atoms with E-state index in [2.05, 4.69) is 10.6 Å². The largest absolute Gasteiger partial charge is 0.343 e. The van der Waals surface area contributed by atoms with Crippen LogP contribution in [0.2, 0.25) is 0 Å². The lowest BCUT2D eigenvalue weighted by atomic mass is 9.52. The third-order valence-electron chi connectivity index (χ3n) is 8.69. The molecule has 130 valence electrons. The number of nitrogens with two attached hydrogens (primary N) is 2. The van der Waals surface area contributed by atoms with Crippen LogP contribution >= 0.6 is 0 Å². The van der Waals surface area contributed by atoms with Crippen LogP contribution in [-0.4, -0.2) is 44.3 Å². The molecule has 1 unspecified atom stereocenters. The number of piperidine rings is 4. The second-order valence-corrected chi connectivity index (χ2v) is 9.70. The summed E-state index contributed by atoms with van der Waals surface area (Å²) in [5.74, 6) is 2.13. The van der Waals surface area contributed by atoms with Crippen LogP contribution in [0.3, 0.4) is 0 Å². The Labute approximate surface area is 142 Å². The maximum atomic E-state index is 2.83. The van der Waals surface area contributed by atoms with Crippen molar-refractivity contribution in [2.45, 2.75) is 82.3 Å². The summed E-state index contributed by atoms with van der Waals surface area (Å²) in [5, 5.41) is 5.63. The third kappa shape index (κ3) is 2.41. The van der Waals surface area contributed by atoms with E-state index in [1.165, 1.54) is 64.7 Å². The summed E-state index contributed by atoms with van der Waals surface area (Å²) in [6.07, 6.45) is 15.3. The molecule has 0 radical (unpaired) electrons. The molecular formula is C20H38N3+3. The Hall–Kier alpha value is -0.120. The molecule has 0 amide bonds. The molecule has 3 heteroatoms. The maximum Gasteiger partial charge on any atom is 0.123 e. The Morgan fingerprint density at radius 3 is 2.65 bits per heavy atom. The van der Waals surface area contributed by atoms with Crippen LogP contribution in [0.5, 0.6) is 0 Å². The fraction of sp³-hybridized carbons (Fsp3) is 1.00. The summed E-state index contributed by atoms with van der Waals surface area (Å²) in [7, 11) is 0. The van der Waals surface area contributed by atoms with Gasteiger partial charge >= 0.3 is 0 Å². The smallest absolute Gasteiger partial charge is 0.123 e. The molecule has 0 aromatic heterocycles. The minimum absolute atomic E-state index is 0.678. The van der Waals surface area contributed by atoms with Gasteiger partial charge in [0.15, 0.2) is 0 Å². The van der Waals surface area contributed by atoms with Gasteiger partial charge in [-0.25, -0.2) is 0 Å². The van der Waals surface area contributed by atoms with Crippen molar-refractivity contribution in [3.8, 4) is 0 Å². The predicted molar refractivity (Wildman–Crippen MR) is 91.2 cm³/mol. The van der Waals surface area contributed by atoms with Crippen molar-refractivity contribution in [3.05, 3.63) is 0 Å². The molecule has 1 saturated carbocycles. The lowest BCUT2D eigenvalue weighted by Crippen LogP contribution is -3.22. The van der Waals surface area contributed by atoms with Crippen molar-refractivity contribution in [3.63, 3.8) is 0 Å². The highest BCUT2D eigenvalue weighted by Crippen LogP contribution is 2.49. The standard InChI is InChI=1S/C20H35N3/c1-3-9-21-18(8-1)20-13-16(12-15-6-5-10-22-19(15)20)17-7-2-4-11-23(17)14-20/h15-19,21-22H,1-14H2/p+3/t15-,16-,17-,18+,19-,20-/m1/s1. The summed E-state index contributed by atoms with van der Waals surface area (Å²) in [5.41, 5.74) is 0.678. The Morgan fingerprint density at radius 1 is 0.826 bits per heavy atom. The van der Waals surface area contributed by atoms with E-state index < -0.39 is 0 Å². The highest BCUT2D eigenvalue weighted by molar-refractivity contribution is 5.04. The van der Waals surface area contributed by atoms with Crippen molar-refractivity contribution in [2.75, 3.05) is 26.2 Å². The van der Waals surface area contributed by atoms with Crippen molar-refractivity contribution >= 4 is 0 Å². The summed E-state index contributed by atoms with van der Waals surface area (Å²) < 4.78 is 0. The zero-order chi connectivity index (χ0) is 15.3. The highest BCUT2D eigenvalue weighted by Gasteiger charge is 2.64. The highest BCUT2D eigenvalue weighted by atomic mass is 15.2. The van der Waals surface area contributed by atoms with Gasteiger partial charge in [-0.2, -0.15) is 0 Å². The van der Waals surface area contributed by atoms with Crippen LogP contribution < -0.4 is 15.5 Å². The summed E-state index contributed by atoms with van der Waals surface area (Å²) >= 11 is 0. The summed E-state index contributed by atoms with van der Waals surface area (Å²) in [6, 6.07) is 2.97. The van der Waals surface area contributed by atoms with Gasteiger partial charge < -0.3 is 15.5 Å². The molecule has 4 heterocycles. The molecule has 4 saturated heterocycles. The fourth-order valence-corrected chi connectivity index (χ4v) is 7.93. The van der Waals surface area contributed by atoms with Crippen molar-refractivity contribution < 1.29 is 15.5 Å². The SMILES string of the molecule is C1CC[C@@H]([C@]23C[C@@H](C[C@H]4CCC[NH2+][C@H]42)[C@H]2CCCC[NH+]2C3)[NH2+]C1. The van der Waals surface area contributed by atoms with E-state index >= 15 is 0 Å². The van der Waals surface area contributed by atoms with Crippen molar-refractivity contribution in [1.82, 2.24) is 0 Å². The predicted octanol–water partition coefficient (Wildman–Crippen LogP) is -0.708. The van der Waals surface area contributed by atoms with E-state index in [-0.39, 0.29) is 0 Å². The second kappa shape index (κ2) is 6.00. The first-order valence-electron chi connectivity index (χ1n) is 10.9. The number of quaternary nitrogens is 3. The molecule has 4 aliphatic heterocycles. The van der Waals surface area contributed by atoms with Gasteiger partial charge in [0.2, 0.25) is 0 Å². The average molecular weight is 321 g/mol. The minimum Gasteiger partial charge on any atom is -0.343 e. The first kappa shape index (κ1) is 15.2. The van der Waals surface area contributed by atoms with Crippen LogP contribution in [0.15, 0.2) is 0 Å². The summed E-state index contributed by atoms with van der Waals surface area (Å²) in [6.45, 7) is 5.85. The number of nitrogens with one attached hydrogen (secondary N) is 1. The molecule has 0 spiro atoms. The third-order valence-corrected chi connectivity index (χ3v) is 8.69. The molecule has 1 aliphatic carbocycles. The minimum atomic E-state index is 0.678. The zero-order valence-electron chi connectivity index (χ0n) is 14.9. The molecule has 5 N–H and O–H groups in total. The van der Waals surface area contributed by atoms with Crippen LogP contribution in [0.1, 0.15) is 64.2 Å². The Kier molecular flexibility index (Phi) is 3.95. The lowest BCUT2D eigenvalue weighted by molar-refractivity contribution is -0.958. The van der Waals surface area contributed by atoms with Crippen LogP contribution in [0, 0.1) is 17.3 Å². The Morgan fingerprint density at radius 2 is 1.74 bits per heavy atom. The van der Waals surface area contributed by atoms with E-state index in [0.29, 0.717) is 5.41 Å². The Balaban J connectivity index is 1.50. The van der Waals surface area contributed by atoms with Crippen LogP contribution in [0.4, 0.5) is 0 Å². The van der Waals surface area contributed by atoms with Gasteiger partial charge in [0, 0.05) is 18.3 Å². The van der Waals surface area contributed by atoms with Gasteiger partial charge in [-0.05, 0) is 57.8 Å². The molecule has 23 heavy (non-hydrogen) atoms. The number of rotatable bonds is 1. The number of hydrogen-bond acceptors (Lipinski definition) is 0. The van der Waals surface area contributed by atoms with Crippen molar-refractivity contribution in [2.24, 2.45) is 17.3 Å². The van der Waals surface area contributed by atoms with E-state index in [1.807, 2.05) is 4.90 Å². The molecule has 0 aromatic rings. The van der Waals surface area contributed by atoms with E-state index in [4.69, 9.17) is 0 Å². The lowest BCUT2D eigenvalue weighted by Gasteiger charge is -2.59. The molecule has 5 fully saturated rings. The van der Waals surface area contributed by atoms with Gasteiger partial charge in [0.05, 0.1) is 32.2 Å². The monoisotopic (exact) mass is 320 g/mol. The van der Waals surface area contributed by atoms with Gasteiger partial charge in [-0.1, -0.05) is 0 Å². The molecule has 5 aliphatic rings. The quantitative estimate of drug-likeness (QED) is 0.571. The van der Waals surface area contributed by atoms with Crippen LogP contribution in [0.25, 0.3) is 0 Å². The first-order chi connectivity index (χ1) is 11.4. The number of fused-ring (bicyclic) bond motifs is 6. The number of hydrogen-bond donors (Lipinski definition) is 3. The topological polar surface area (TPSA) is 37.7 Å². The Bertz CT molecular complexity index is 431. The fourth-order valence-electron chi connectivity index (χ4n) is 7.93. The van der Waals surface area contributed by atoms with Gasteiger partial charge in [0.25, 0.3) is 0 Å². The first-order valence-corrected chi connectivity index (χ1v) is 10.9. The molecule has 7 atom stereocenters. The average Bonchev–Trinajstić information content (AvgIpc) is 2.63. The molecule has 3 nitrogen and oxygen atoms in total. The molecule has 5 rings (SSSR count). The normalized spacial score (nSPS) is 53.2. The van der Waals surface area contributed by atoms with E-state index in [9.17, 15) is 0 Å².